The zero-order valence-electron chi connectivity index (χ0n) is 27.1. The summed E-state index contributed by atoms with van der Waals surface area (Å²) >= 11 is 0. The summed E-state index contributed by atoms with van der Waals surface area (Å²) in [5, 5.41) is 4.82. The minimum absolute atomic E-state index is 0.652. The van der Waals surface area contributed by atoms with Gasteiger partial charge in [-0.2, -0.15) is 0 Å². The lowest BCUT2D eigenvalue weighted by molar-refractivity contribution is 0.995. The molecule has 0 spiro atoms. The third-order valence-electron chi connectivity index (χ3n) is 9.75. The van der Waals surface area contributed by atoms with Gasteiger partial charge in [-0.1, -0.05) is 127 Å². The van der Waals surface area contributed by atoms with Gasteiger partial charge in [-0.25, -0.2) is 9.97 Å². The van der Waals surface area contributed by atoms with Gasteiger partial charge in [-0.05, 0) is 65.7 Å². The first-order valence-corrected chi connectivity index (χ1v) is 16.9. The Morgan fingerprint density at radius 2 is 0.720 bits per heavy atom. The molecular weight excluding hydrogens is 609 g/mol. The second-order valence-corrected chi connectivity index (χ2v) is 12.7. The fourth-order valence-corrected chi connectivity index (χ4v) is 7.42. The van der Waals surface area contributed by atoms with E-state index in [2.05, 4.69) is 179 Å². The van der Waals surface area contributed by atoms with Crippen LogP contribution < -0.4 is 0 Å². The highest BCUT2D eigenvalue weighted by Gasteiger charge is 2.18. The summed E-state index contributed by atoms with van der Waals surface area (Å²) < 4.78 is 4.57. The van der Waals surface area contributed by atoms with E-state index in [1.807, 2.05) is 12.1 Å². The van der Waals surface area contributed by atoms with Gasteiger partial charge in [-0.15, -0.1) is 0 Å². The van der Waals surface area contributed by atoms with E-state index in [0.29, 0.717) is 5.95 Å². The lowest BCUT2D eigenvalue weighted by Gasteiger charge is -2.12. The molecule has 0 aliphatic heterocycles. The molecule has 0 fully saturated rings. The molecule has 0 unspecified atom stereocenters. The molecule has 0 N–H and O–H groups in total. The number of benzene rings is 7. The average molecular weight is 639 g/mol. The Morgan fingerprint density at radius 3 is 1.26 bits per heavy atom. The third kappa shape index (κ3) is 4.54. The summed E-state index contributed by atoms with van der Waals surface area (Å²) in [7, 11) is 0. The largest absolute Gasteiger partial charge is 0.309 e. The third-order valence-corrected chi connectivity index (χ3v) is 9.75. The summed E-state index contributed by atoms with van der Waals surface area (Å²) in [6.45, 7) is 0. The second-order valence-electron chi connectivity index (χ2n) is 12.7. The Kier molecular flexibility index (Phi) is 6.46. The molecule has 0 bridgehead atoms. The van der Waals surface area contributed by atoms with Gasteiger partial charge in [0.15, 0.2) is 0 Å². The van der Waals surface area contributed by atoms with Crippen molar-refractivity contribution in [2.75, 3.05) is 0 Å². The second kappa shape index (κ2) is 11.4. The molecule has 0 aliphatic rings. The summed E-state index contributed by atoms with van der Waals surface area (Å²) in [6.07, 6.45) is 0. The number of fused-ring (bicyclic) bond motifs is 6. The van der Waals surface area contributed by atoms with Crippen molar-refractivity contribution in [2.24, 2.45) is 0 Å². The van der Waals surface area contributed by atoms with Gasteiger partial charge < -0.3 is 4.57 Å². The van der Waals surface area contributed by atoms with Crippen LogP contribution in [0, 0.1) is 0 Å². The molecule has 0 atom stereocenters. The fourth-order valence-electron chi connectivity index (χ4n) is 7.42. The van der Waals surface area contributed by atoms with Crippen LogP contribution in [-0.4, -0.2) is 19.1 Å². The smallest absolute Gasteiger partial charge is 0.235 e. The van der Waals surface area contributed by atoms with Crippen LogP contribution in [0.25, 0.3) is 88.9 Å². The number of para-hydroxylation sites is 3. The van der Waals surface area contributed by atoms with E-state index in [1.165, 1.54) is 43.7 Å². The lowest BCUT2D eigenvalue weighted by atomic mass is 10.0. The number of rotatable bonds is 5. The van der Waals surface area contributed by atoms with Gasteiger partial charge in [0.25, 0.3) is 0 Å². The molecule has 3 heterocycles. The zero-order chi connectivity index (χ0) is 33.0. The molecule has 0 amide bonds. The molecule has 4 nitrogen and oxygen atoms in total. The highest BCUT2D eigenvalue weighted by atomic mass is 15.2. The minimum atomic E-state index is 0.652. The van der Waals surface area contributed by atoms with E-state index in [0.717, 1.165) is 39.2 Å². The van der Waals surface area contributed by atoms with E-state index < -0.39 is 0 Å². The van der Waals surface area contributed by atoms with Crippen molar-refractivity contribution in [3.8, 4) is 45.3 Å². The molecule has 3 aromatic heterocycles. The maximum atomic E-state index is 5.19. The van der Waals surface area contributed by atoms with Gasteiger partial charge in [-0.3, -0.25) is 4.57 Å². The van der Waals surface area contributed by atoms with Crippen LogP contribution in [0.1, 0.15) is 0 Å². The Balaban J connectivity index is 1.17. The van der Waals surface area contributed by atoms with Crippen LogP contribution in [-0.2, 0) is 0 Å². The van der Waals surface area contributed by atoms with E-state index in [-0.39, 0.29) is 0 Å². The van der Waals surface area contributed by atoms with E-state index in [4.69, 9.17) is 9.97 Å². The van der Waals surface area contributed by atoms with E-state index >= 15 is 0 Å². The minimum Gasteiger partial charge on any atom is -0.309 e. The predicted octanol–water partition coefficient (Wildman–Crippen LogP) is 11.7. The first-order chi connectivity index (χ1) is 24.8. The molecule has 10 aromatic rings. The fraction of sp³-hybridized carbons (Fsp3) is 0. The molecule has 7 aromatic carbocycles. The Labute approximate surface area is 289 Å². The highest BCUT2D eigenvalue weighted by Crippen LogP contribution is 2.38. The van der Waals surface area contributed by atoms with Gasteiger partial charge in [0.2, 0.25) is 5.95 Å². The molecule has 0 saturated carbocycles. The van der Waals surface area contributed by atoms with Crippen molar-refractivity contribution in [1.82, 2.24) is 19.1 Å². The van der Waals surface area contributed by atoms with Gasteiger partial charge in [0.05, 0.1) is 33.5 Å². The zero-order valence-corrected chi connectivity index (χ0v) is 27.1. The van der Waals surface area contributed by atoms with E-state index in [9.17, 15) is 0 Å². The summed E-state index contributed by atoms with van der Waals surface area (Å²) in [5.41, 5.74) is 11.9. The quantitative estimate of drug-likeness (QED) is 0.188. The van der Waals surface area contributed by atoms with Gasteiger partial charge in [0.1, 0.15) is 0 Å². The first-order valence-electron chi connectivity index (χ1n) is 16.9. The van der Waals surface area contributed by atoms with Crippen molar-refractivity contribution in [3.05, 3.63) is 182 Å². The molecule has 10 rings (SSSR count). The van der Waals surface area contributed by atoms with Crippen LogP contribution in [0.15, 0.2) is 182 Å². The number of hydrogen-bond acceptors (Lipinski definition) is 2. The molecule has 0 saturated heterocycles. The molecule has 4 heteroatoms. The molecule has 0 radical (unpaired) electrons. The van der Waals surface area contributed by atoms with Gasteiger partial charge in [0, 0.05) is 38.4 Å². The SMILES string of the molecule is c1ccc(-c2cc(-c3ccccc3)nc(-n3c4ccccc4c4cc(-c5ccc6c(c5)c5ccccc5n6-c5ccccc5)ccc43)n2)cc1. The van der Waals surface area contributed by atoms with E-state index in [1.54, 1.807) is 0 Å². The first kappa shape index (κ1) is 28.3. The Hall–Kier alpha value is -6.78. The summed E-state index contributed by atoms with van der Waals surface area (Å²) in [6, 6.07) is 64.3. The van der Waals surface area contributed by atoms with Crippen molar-refractivity contribution in [3.63, 3.8) is 0 Å². The maximum Gasteiger partial charge on any atom is 0.235 e. The predicted molar refractivity (Wildman–Crippen MR) is 207 cm³/mol. The molecule has 234 valence electrons. The van der Waals surface area contributed by atoms with Crippen molar-refractivity contribution in [2.45, 2.75) is 0 Å². The standard InChI is InChI=1S/C46H30N4/c1-4-14-31(15-5-1)40-30-41(32-16-6-2-7-17-32)48-46(47-40)50-43-23-13-11-21-37(43)39-29-34(25-27-45(39)50)33-24-26-44-38(28-33)36-20-10-12-22-42(36)49(44)35-18-8-3-9-19-35/h1-30H. The van der Waals surface area contributed by atoms with Crippen LogP contribution >= 0.6 is 0 Å². The monoisotopic (exact) mass is 638 g/mol. The summed E-state index contributed by atoms with van der Waals surface area (Å²) in [4.78, 5) is 10.4. The van der Waals surface area contributed by atoms with Crippen LogP contribution in [0.3, 0.4) is 0 Å². The molecule has 50 heavy (non-hydrogen) atoms. The number of hydrogen-bond donors (Lipinski definition) is 0. The number of aromatic nitrogens is 4. The highest BCUT2D eigenvalue weighted by molar-refractivity contribution is 6.12. The summed E-state index contributed by atoms with van der Waals surface area (Å²) in [5.74, 6) is 0.652. The van der Waals surface area contributed by atoms with Crippen molar-refractivity contribution < 1.29 is 0 Å². The lowest BCUT2D eigenvalue weighted by Crippen LogP contribution is -2.03. The van der Waals surface area contributed by atoms with Crippen LogP contribution in [0.4, 0.5) is 0 Å². The normalized spacial score (nSPS) is 11.6. The van der Waals surface area contributed by atoms with Crippen molar-refractivity contribution >= 4 is 43.6 Å². The van der Waals surface area contributed by atoms with Crippen LogP contribution in [0.5, 0.6) is 0 Å². The van der Waals surface area contributed by atoms with Crippen LogP contribution in [0.2, 0.25) is 0 Å². The molecule has 0 aliphatic carbocycles. The Morgan fingerprint density at radius 1 is 0.300 bits per heavy atom. The average Bonchev–Trinajstić information content (AvgIpc) is 3.71. The number of nitrogens with zero attached hydrogens (tertiary/aromatic N) is 4. The topological polar surface area (TPSA) is 35.6 Å². The molecular formula is C46H30N4. The Bertz CT molecular complexity index is 2790. The van der Waals surface area contributed by atoms with Gasteiger partial charge >= 0.3 is 0 Å². The van der Waals surface area contributed by atoms with Crippen molar-refractivity contribution in [1.29, 1.82) is 0 Å². The maximum absolute atomic E-state index is 5.19.